The maximum absolute atomic E-state index is 12.8. The molecule has 2 aromatic rings. The van der Waals surface area contributed by atoms with Crippen LogP contribution < -0.4 is 15.8 Å². The van der Waals surface area contributed by atoms with Gasteiger partial charge in [0.25, 0.3) is 5.91 Å². The Kier molecular flexibility index (Phi) is 6.28. The van der Waals surface area contributed by atoms with E-state index in [-0.39, 0.29) is 28.0 Å². The van der Waals surface area contributed by atoms with Crippen LogP contribution in [0.15, 0.2) is 42.7 Å². The van der Waals surface area contributed by atoms with Gasteiger partial charge < -0.3 is 4.90 Å². The van der Waals surface area contributed by atoms with E-state index in [1.54, 1.807) is 6.08 Å². The van der Waals surface area contributed by atoms with Gasteiger partial charge in [-0.2, -0.15) is 26.3 Å². The predicted octanol–water partition coefficient (Wildman–Crippen LogP) is 5.66. The van der Waals surface area contributed by atoms with Crippen LogP contribution in [0.25, 0.3) is 0 Å². The van der Waals surface area contributed by atoms with Crippen molar-refractivity contribution in [2.45, 2.75) is 24.8 Å². The molecule has 1 aliphatic rings. The van der Waals surface area contributed by atoms with E-state index in [0.29, 0.717) is 12.3 Å². The van der Waals surface area contributed by atoms with E-state index in [4.69, 9.17) is 23.2 Å². The van der Waals surface area contributed by atoms with Gasteiger partial charge in [0.1, 0.15) is 6.04 Å². The van der Waals surface area contributed by atoms with Crippen molar-refractivity contribution in [2.24, 2.45) is 0 Å². The van der Waals surface area contributed by atoms with Gasteiger partial charge in [0.2, 0.25) is 0 Å². The molecule has 0 bridgehead atoms. The third kappa shape index (κ3) is 5.16. The molecular formula is C18H12Cl2F6N4O. The number of hydrogen-bond donors (Lipinski definition) is 2. The Hall–Kier alpha value is -2.66. The normalized spacial score (nSPS) is 16.5. The molecule has 1 aromatic heterocycles. The SMILES string of the molecule is O=C(NNc1ncc(C(F)(F)F)cc1Cl)C1CC=CN1c1ccc(C(F)(F)F)cc1Cl. The van der Waals surface area contributed by atoms with Crippen molar-refractivity contribution < 1.29 is 31.1 Å². The fourth-order valence-corrected chi connectivity index (χ4v) is 3.28. The van der Waals surface area contributed by atoms with Gasteiger partial charge in [-0.05, 0) is 30.7 Å². The molecule has 166 valence electrons. The van der Waals surface area contributed by atoms with Gasteiger partial charge in [0.15, 0.2) is 5.82 Å². The molecule has 13 heteroatoms. The molecule has 0 aliphatic carbocycles. The highest BCUT2D eigenvalue weighted by atomic mass is 35.5. The quantitative estimate of drug-likeness (QED) is 0.434. The summed E-state index contributed by atoms with van der Waals surface area (Å²) in [4.78, 5) is 17.5. The second kappa shape index (κ2) is 8.46. The van der Waals surface area contributed by atoms with Crippen molar-refractivity contribution in [2.75, 3.05) is 10.3 Å². The minimum Gasteiger partial charge on any atom is -0.334 e. The number of halogens is 8. The summed E-state index contributed by atoms with van der Waals surface area (Å²) >= 11 is 11.8. The monoisotopic (exact) mass is 484 g/mol. The fraction of sp³-hybridized carbons (Fsp3) is 0.222. The molecular weight excluding hydrogens is 473 g/mol. The molecule has 1 aliphatic heterocycles. The smallest absolute Gasteiger partial charge is 0.334 e. The number of pyridine rings is 1. The number of alkyl halides is 6. The highest BCUT2D eigenvalue weighted by Crippen LogP contribution is 2.37. The number of carbonyl (C=O) groups excluding carboxylic acids is 1. The van der Waals surface area contributed by atoms with Crippen LogP contribution in [0.1, 0.15) is 17.5 Å². The van der Waals surface area contributed by atoms with E-state index >= 15 is 0 Å². The minimum absolute atomic E-state index is 0.175. The summed E-state index contributed by atoms with van der Waals surface area (Å²) < 4.78 is 76.5. The number of aromatic nitrogens is 1. The molecule has 1 amide bonds. The highest BCUT2D eigenvalue weighted by Gasteiger charge is 2.34. The van der Waals surface area contributed by atoms with Crippen molar-refractivity contribution in [1.29, 1.82) is 0 Å². The largest absolute Gasteiger partial charge is 0.417 e. The molecule has 0 spiro atoms. The second-order valence-corrected chi connectivity index (χ2v) is 7.19. The van der Waals surface area contributed by atoms with Crippen molar-refractivity contribution in [3.05, 3.63) is 63.9 Å². The van der Waals surface area contributed by atoms with Gasteiger partial charge in [-0.1, -0.05) is 29.3 Å². The molecule has 1 aromatic carbocycles. The Morgan fingerprint density at radius 2 is 1.68 bits per heavy atom. The second-order valence-electron chi connectivity index (χ2n) is 6.37. The number of nitrogens with zero attached hydrogens (tertiary/aromatic N) is 2. The molecule has 3 rings (SSSR count). The summed E-state index contributed by atoms with van der Waals surface area (Å²) in [6.45, 7) is 0. The maximum Gasteiger partial charge on any atom is 0.417 e. The fourth-order valence-electron chi connectivity index (χ4n) is 2.78. The highest BCUT2D eigenvalue weighted by molar-refractivity contribution is 6.33. The molecule has 0 fully saturated rings. The first-order chi connectivity index (χ1) is 14.4. The van der Waals surface area contributed by atoms with Gasteiger partial charge in [0, 0.05) is 12.4 Å². The first-order valence-electron chi connectivity index (χ1n) is 8.48. The summed E-state index contributed by atoms with van der Waals surface area (Å²) in [6, 6.07) is 2.50. The third-order valence-corrected chi connectivity index (χ3v) is 4.88. The lowest BCUT2D eigenvalue weighted by atomic mass is 10.1. The lowest BCUT2D eigenvalue weighted by molar-refractivity contribution is -0.138. The van der Waals surface area contributed by atoms with Crippen LogP contribution in [-0.4, -0.2) is 16.9 Å². The van der Waals surface area contributed by atoms with Crippen molar-refractivity contribution in [1.82, 2.24) is 10.4 Å². The number of nitrogens with one attached hydrogen (secondary N) is 2. The first kappa shape index (κ1) is 23.0. The van der Waals surface area contributed by atoms with Gasteiger partial charge in [-0.25, -0.2) is 4.98 Å². The number of anilines is 2. The molecule has 0 radical (unpaired) electrons. The number of rotatable bonds is 4. The summed E-state index contributed by atoms with van der Waals surface area (Å²) in [7, 11) is 0. The first-order valence-corrected chi connectivity index (χ1v) is 9.24. The van der Waals surface area contributed by atoms with E-state index in [9.17, 15) is 31.1 Å². The lowest BCUT2D eigenvalue weighted by Crippen LogP contribution is -2.45. The molecule has 5 nitrogen and oxygen atoms in total. The molecule has 2 heterocycles. The Labute approximate surface area is 181 Å². The van der Waals surface area contributed by atoms with E-state index in [1.165, 1.54) is 11.1 Å². The van der Waals surface area contributed by atoms with Crippen molar-refractivity contribution in [3.8, 4) is 0 Å². The van der Waals surface area contributed by atoms with Crippen LogP contribution in [0.5, 0.6) is 0 Å². The van der Waals surface area contributed by atoms with E-state index in [1.807, 2.05) is 0 Å². The summed E-state index contributed by atoms with van der Waals surface area (Å²) in [5, 5.41) is -0.582. The van der Waals surface area contributed by atoms with E-state index in [2.05, 4.69) is 15.8 Å². The summed E-state index contributed by atoms with van der Waals surface area (Å²) in [5.74, 6) is -0.855. The Morgan fingerprint density at radius 3 is 2.26 bits per heavy atom. The van der Waals surface area contributed by atoms with Crippen LogP contribution in [0, 0.1) is 0 Å². The Bertz CT molecular complexity index is 1030. The zero-order valence-electron chi connectivity index (χ0n) is 15.2. The van der Waals surface area contributed by atoms with Crippen LogP contribution in [-0.2, 0) is 17.1 Å². The number of amides is 1. The van der Waals surface area contributed by atoms with Crippen LogP contribution in [0.4, 0.5) is 37.8 Å². The van der Waals surface area contributed by atoms with Gasteiger partial charge in [-0.3, -0.25) is 15.6 Å². The third-order valence-electron chi connectivity index (χ3n) is 4.29. The lowest BCUT2D eigenvalue weighted by Gasteiger charge is -2.26. The molecule has 0 saturated heterocycles. The molecule has 31 heavy (non-hydrogen) atoms. The van der Waals surface area contributed by atoms with Gasteiger partial charge >= 0.3 is 12.4 Å². The maximum atomic E-state index is 12.8. The van der Waals surface area contributed by atoms with E-state index in [0.717, 1.165) is 18.2 Å². The van der Waals surface area contributed by atoms with Crippen molar-refractivity contribution in [3.63, 3.8) is 0 Å². The molecule has 1 unspecified atom stereocenters. The molecule has 0 saturated carbocycles. The van der Waals surface area contributed by atoms with Crippen LogP contribution in [0.2, 0.25) is 10.0 Å². The number of hydrogen-bond acceptors (Lipinski definition) is 4. The van der Waals surface area contributed by atoms with Gasteiger partial charge in [0.05, 0.1) is 26.9 Å². The van der Waals surface area contributed by atoms with Gasteiger partial charge in [-0.15, -0.1) is 0 Å². The van der Waals surface area contributed by atoms with Crippen LogP contribution in [0.3, 0.4) is 0 Å². The van der Waals surface area contributed by atoms with Crippen molar-refractivity contribution >= 4 is 40.6 Å². The number of carbonyl (C=O) groups is 1. The van der Waals surface area contributed by atoms with Crippen LogP contribution >= 0.6 is 23.2 Å². The van der Waals surface area contributed by atoms with E-state index < -0.39 is 35.4 Å². The summed E-state index contributed by atoms with van der Waals surface area (Å²) in [6.07, 6.45) is -5.35. The standard InChI is InChI=1S/C18H12Cl2F6N4O/c19-11-6-9(17(21,22)23)3-4-13(11)30-5-1-2-14(30)16(31)29-28-15-12(20)7-10(8-27-15)18(24,25)26/h1,3-8,14H,2H2,(H,27,28)(H,29,31). The summed E-state index contributed by atoms with van der Waals surface area (Å²) in [5.41, 5.74) is 2.79. The number of hydrazine groups is 1. The Morgan fingerprint density at radius 1 is 1.03 bits per heavy atom. The number of benzene rings is 1. The predicted molar refractivity (Wildman–Crippen MR) is 102 cm³/mol. The molecule has 2 N–H and O–H groups in total. The average molecular weight is 485 g/mol. The zero-order chi connectivity index (χ0) is 23.0. The minimum atomic E-state index is -4.63. The Balaban J connectivity index is 1.71. The average Bonchev–Trinajstić information content (AvgIpc) is 3.14. The topological polar surface area (TPSA) is 57.3 Å². The zero-order valence-corrected chi connectivity index (χ0v) is 16.7. The molecule has 1 atom stereocenters.